The number of nitrogens with zero attached hydrogens (tertiary/aromatic N) is 5. The largest absolute Gasteiger partial charge is 0.491 e. The fourth-order valence-electron chi connectivity index (χ4n) is 4.47. The number of benzene rings is 1. The molecule has 0 bridgehead atoms. The first-order valence-corrected chi connectivity index (χ1v) is 10.4. The van der Waals surface area contributed by atoms with Gasteiger partial charge in [-0.05, 0) is 30.9 Å². The van der Waals surface area contributed by atoms with E-state index >= 15 is 0 Å². The van der Waals surface area contributed by atoms with E-state index in [2.05, 4.69) is 30.9 Å². The highest BCUT2D eigenvalue weighted by Crippen LogP contribution is 2.31. The average Bonchev–Trinajstić information content (AvgIpc) is 3.46. The van der Waals surface area contributed by atoms with Crippen LogP contribution in [0.1, 0.15) is 24.0 Å². The molecule has 0 saturated carbocycles. The topological polar surface area (TPSA) is 113 Å². The summed E-state index contributed by atoms with van der Waals surface area (Å²) in [6.45, 7) is 2.77. The number of hydrogen-bond donors (Lipinski definition) is 2. The molecule has 9 nitrogen and oxygen atoms in total. The van der Waals surface area contributed by atoms with E-state index in [1.807, 2.05) is 17.0 Å². The van der Waals surface area contributed by atoms with E-state index in [9.17, 15) is 4.79 Å². The Labute approximate surface area is 174 Å². The molecule has 30 heavy (non-hydrogen) atoms. The van der Waals surface area contributed by atoms with Gasteiger partial charge in [-0.15, -0.1) is 0 Å². The first-order valence-electron chi connectivity index (χ1n) is 10.4. The van der Waals surface area contributed by atoms with Crippen molar-refractivity contribution in [2.75, 3.05) is 31.1 Å². The molecule has 1 fully saturated rings. The van der Waals surface area contributed by atoms with Crippen LogP contribution in [0.15, 0.2) is 30.9 Å². The number of hydrogen-bond acceptors (Lipinski definition) is 7. The number of carbonyl (C=O) groups is 1. The number of carbonyl (C=O) groups excluding carboxylic acids is 1. The maximum atomic E-state index is 12.1. The van der Waals surface area contributed by atoms with Gasteiger partial charge in [0.25, 0.3) is 0 Å². The monoisotopic (exact) mass is 407 g/mol. The molecule has 0 unspecified atom stereocenters. The highest BCUT2D eigenvalue weighted by atomic mass is 16.5. The second kappa shape index (κ2) is 7.91. The van der Waals surface area contributed by atoms with Crippen molar-refractivity contribution in [3.05, 3.63) is 42.0 Å². The number of anilines is 1. The maximum absolute atomic E-state index is 12.1. The van der Waals surface area contributed by atoms with Gasteiger partial charge in [0.1, 0.15) is 24.2 Å². The van der Waals surface area contributed by atoms with Gasteiger partial charge in [-0.1, -0.05) is 12.1 Å². The quantitative estimate of drug-likeness (QED) is 0.654. The van der Waals surface area contributed by atoms with Gasteiger partial charge in [-0.25, -0.2) is 15.0 Å². The number of H-pyrrole nitrogens is 1. The first-order chi connectivity index (χ1) is 14.7. The van der Waals surface area contributed by atoms with Crippen molar-refractivity contribution in [3.8, 4) is 5.75 Å². The van der Waals surface area contributed by atoms with Crippen LogP contribution in [0.25, 0.3) is 11.2 Å². The maximum Gasteiger partial charge on any atom is 0.236 e. The standard InChI is InChI=1S/C21H25N7O2/c22-9-18(29)27-8-6-14-3-1-5-17(16(14)10-27)30-11-15-4-2-7-28(15)21-19-20(24-12-23-19)25-13-26-21/h1,3,5,12-13,15H,2,4,6-11,22H2,(H,23,24,25,26)/t15-/m1/s1. The van der Waals surface area contributed by atoms with Crippen LogP contribution in [0.5, 0.6) is 5.75 Å². The number of rotatable bonds is 5. The number of aromatic amines is 1. The van der Waals surface area contributed by atoms with E-state index in [4.69, 9.17) is 10.5 Å². The van der Waals surface area contributed by atoms with Gasteiger partial charge in [0.2, 0.25) is 5.91 Å². The number of amides is 1. The SMILES string of the molecule is NCC(=O)N1CCc2cccc(OC[C@H]3CCCN3c3ncnc4nc[nH]c34)c2C1. The lowest BCUT2D eigenvalue weighted by Gasteiger charge is -2.31. The third-order valence-corrected chi connectivity index (χ3v) is 6.04. The lowest BCUT2D eigenvalue weighted by atomic mass is 9.98. The molecule has 156 valence electrons. The summed E-state index contributed by atoms with van der Waals surface area (Å²) >= 11 is 0. The highest BCUT2D eigenvalue weighted by molar-refractivity contribution is 5.83. The van der Waals surface area contributed by atoms with Crippen molar-refractivity contribution >= 4 is 22.9 Å². The number of fused-ring (bicyclic) bond motifs is 2. The van der Waals surface area contributed by atoms with Crippen LogP contribution < -0.4 is 15.4 Å². The lowest BCUT2D eigenvalue weighted by Crippen LogP contribution is -2.40. The summed E-state index contributed by atoms with van der Waals surface area (Å²) in [4.78, 5) is 32.3. The molecule has 1 amide bonds. The van der Waals surface area contributed by atoms with Gasteiger partial charge in [0.15, 0.2) is 11.5 Å². The van der Waals surface area contributed by atoms with Crippen LogP contribution in [0.3, 0.4) is 0 Å². The second-order valence-electron chi connectivity index (χ2n) is 7.76. The van der Waals surface area contributed by atoms with Gasteiger partial charge in [0, 0.05) is 25.2 Å². The normalized spacial score (nSPS) is 18.6. The van der Waals surface area contributed by atoms with Gasteiger partial charge >= 0.3 is 0 Å². The Morgan fingerprint density at radius 2 is 2.20 bits per heavy atom. The van der Waals surface area contributed by atoms with E-state index in [1.165, 1.54) is 5.56 Å². The summed E-state index contributed by atoms with van der Waals surface area (Å²) in [6.07, 6.45) is 6.15. The molecule has 1 aromatic carbocycles. The molecule has 1 atom stereocenters. The molecule has 3 N–H and O–H groups in total. The summed E-state index contributed by atoms with van der Waals surface area (Å²) in [5, 5.41) is 0. The Morgan fingerprint density at radius 1 is 1.27 bits per heavy atom. The van der Waals surface area contributed by atoms with Gasteiger partial charge in [-0.3, -0.25) is 4.79 Å². The summed E-state index contributed by atoms with van der Waals surface area (Å²) in [5.41, 5.74) is 9.43. The Balaban J connectivity index is 1.34. The fourth-order valence-corrected chi connectivity index (χ4v) is 4.47. The second-order valence-corrected chi connectivity index (χ2v) is 7.76. The predicted octanol–water partition coefficient (Wildman–Crippen LogP) is 1.24. The van der Waals surface area contributed by atoms with Crippen molar-refractivity contribution in [1.29, 1.82) is 0 Å². The smallest absolute Gasteiger partial charge is 0.236 e. The van der Waals surface area contributed by atoms with Gasteiger partial charge in [0.05, 0.1) is 18.9 Å². The Hall–Kier alpha value is -3.20. The van der Waals surface area contributed by atoms with E-state index in [0.717, 1.165) is 48.5 Å². The highest BCUT2D eigenvalue weighted by Gasteiger charge is 2.29. The molecule has 4 heterocycles. The van der Waals surface area contributed by atoms with Gasteiger partial charge < -0.3 is 25.3 Å². The molecule has 2 aliphatic rings. The lowest BCUT2D eigenvalue weighted by molar-refractivity contribution is -0.130. The molecule has 0 aliphatic carbocycles. The average molecular weight is 407 g/mol. The summed E-state index contributed by atoms with van der Waals surface area (Å²) in [6, 6.07) is 6.35. The molecular formula is C21H25N7O2. The Morgan fingerprint density at radius 3 is 3.10 bits per heavy atom. The predicted molar refractivity (Wildman–Crippen MR) is 112 cm³/mol. The van der Waals surface area contributed by atoms with E-state index in [0.29, 0.717) is 25.3 Å². The van der Waals surface area contributed by atoms with Crippen molar-refractivity contribution in [1.82, 2.24) is 24.8 Å². The first kappa shape index (κ1) is 18.8. The zero-order valence-electron chi connectivity index (χ0n) is 16.8. The summed E-state index contributed by atoms with van der Waals surface area (Å²) < 4.78 is 6.32. The van der Waals surface area contributed by atoms with Crippen LogP contribution in [-0.4, -0.2) is 63.0 Å². The molecule has 5 rings (SSSR count). The molecule has 1 saturated heterocycles. The molecule has 9 heteroatoms. The molecule has 0 spiro atoms. The van der Waals surface area contributed by atoms with Crippen LogP contribution in [-0.2, 0) is 17.8 Å². The third kappa shape index (κ3) is 3.35. The molecule has 0 radical (unpaired) electrons. The molecule has 2 aliphatic heterocycles. The van der Waals surface area contributed by atoms with Crippen LogP contribution in [0.4, 0.5) is 5.82 Å². The molecule has 3 aromatic rings. The van der Waals surface area contributed by atoms with Crippen molar-refractivity contribution in [3.63, 3.8) is 0 Å². The van der Waals surface area contributed by atoms with Crippen molar-refractivity contribution < 1.29 is 9.53 Å². The minimum Gasteiger partial charge on any atom is -0.491 e. The number of nitrogens with one attached hydrogen (secondary N) is 1. The van der Waals surface area contributed by atoms with Crippen LogP contribution in [0, 0.1) is 0 Å². The summed E-state index contributed by atoms with van der Waals surface area (Å²) in [7, 11) is 0. The fraction of sp³-hybridized carbons (Fsp3) is 0.429. The van der Waals surface area contributed by atoms with Crippen molar-refractivity contribution in [2.24, 2.45) is 5.73 Å². The minimum absolute atomic E-state index is 0.0234. The van der Waals surface area contributed by atoms with Crippen LogP contribution in [0.2, 0.25) is 0 Å². The zero-order valence-corrected chi connectivity index (χ0v) is 16.8. The van der Waals surface area contributed by atoms with E-state index in [-0.39, 0.29) is 18.5 Å². The van der Waals surface area contributed by atoms with E-state index < -0.39 is 0 Å². The minimum atomic E-state index is -0.0234. The number of nitrogens with two attached hydrogens (primary N) is 1. The summed E-state index contributed by atoms with van der Waals surface area (Å²) in [5.74, 6) is 1.70. The number of aromatic nitrogens is 4. The number of imidazole rings is 1. The molecule has 2 aromatic heterocycles. The van der Waals surface area contributed by atoms with Crippen LogP contribution >= 0.6 is 0 Å². The van der Waals surface area contributed by atoms with E-state index in [1.54, 1.807) is 12.7 Å². The molecular weight excluding hydrogens is 382 g/mol. The Bertz CT molecular complexity index is 1070. The van der Waals surface area contributed by atoms with Crippen molar-refractivity contribution in [2.45, 2.75) is 31.8 Å². The van der Waals surface area contributed by atoms with Gasteiger partial charge in [-0.2, -0.15) is 0 Å². The third-order valence-electron chi connectivity index (χ3n) is 6.04. The number of ether oxygens (including phenoxy) is 1. The Kier molecular flexibility index (Phi) is 4.96. The zero-order chi connectivity index (χ0) is 20.5.